The summed E-state index contributed by atoms with van der Waals surface area (Å²) in [6.07, 6.45) is 0.750. The number of hydrogen-bond donors (Lipinski definition) is 2. The number of carbonyl (C=O) groups excluding carboxylic acids is 3. The van der Waals surface area contributed by atoms with Crippen LogP contribution in [0.15, 0.2) is 42.5 Å². The van der Waals surface area contributed by atoms with Crippen LogP contribution < -0.4 is 0 Å². The maximum absolute atomic E-state index is 12.3. The van der Waals surface area contributed by atoms with Gasteiger partial charge in [-0.1, -0.05) is 30.3 Å². The number of fused-ring (bicyclic) bond motifs is 2. The van der Waals surface area contributed by atoms with Gasteiger partial charge in [0.05, 0.1) is 6.61 Å². The molecule has 0 aliphatic heterocycles. The maximum atomic E-state index is 12.3. The lowest BCUT2D eigenvalue weighted by atomic mass is 9.83. The Morgan fingerprint density at radius 1 is 0.960 bits per heavy atom. The van der Waals surface area contributed by atoms with Gasteiger partial charge in [0.25, 0.3) is 5.97 Å². The highest BCUT2D eigenvalue weighted by atomic mass is 16.4. The Bertz CT molecular complexity index is 803. The molecule has 0 heterocycles. The van der Waals surface area contributed by atoms with Crippen LogP contribution in [0.1, 0.15) is 51.3 Å². The van der Waals surface area contributed by atoms with E-state index < -0.39 is 5.97 Å². The van der Waals surface area contributed by atoms with Crippen molar-refractivity contribution in [1.82, 2.24) is 0 Å². The summed E-state index contributed by atoms with van der Waals surface area (Å²) >= 11 is 0. The topological polar surface area (TPSA) is 109 Å². The fourth-order valence-corrected chi connectivity index (χ4v) is 2.24. The molecule has 2 aromatic rings. The quantitative estimate of drug-likeness (QED) is 0.657. The third kappa shape index (κ3) is 4.92. The highest BCUT2D eigenvalue weighted by Crippen LogP contribution is 2.27. The van der Waals surface area contributed by atoms with E-state index in [1.54, 1.807) is 42.5 Å². The molecular formula is C19H18O6. The van der Waals surface area contributed by atoms with Gasteiger partial charge < -0.3 is 15.0 Å². The highest BCUT2D eigenvalue weighted by molar-refractivity contribution is 6.28. The molecule has 2 N–H and O–H groups in total. The first-order chi connectivity index (χ1) is 11.9. The molecule has 0 radical (unpaired) electrons. The molecule has 0 atom stereocenters. The number of aldehydes is 1. The summed E-state index contributed by atoms with van der Waals surface area (Å²) in [4.78, 5) is 42.3. The van der Waals surface area contributed by atoms with Crippen molar-refractivity contribution in [2.75, 3.05) is 0 Å². The van der Waals surface area contributed by atoms with E-state index in [0.717, 1.165) is 13.2 Å². The van der Waals surface area contributed by atoms with E-state index in [1.165, 1.54) is 6.92 Å². The van der Waals surface area contributed by atoms with E-state index in [1.807, 2.05) is 0 Å². The lowest BCUT2D eigenvalue weighted by Crippen LogP contribution is -2.20. The summed E-state index contributed by atoms with van der Waals surface area (Å²) in [7, 11) is 0. The van der Waals surface area contributed by atoms with Crippen molar-refractivity contribution >= 4 is 23.8 Å². The summed E-state index contributed by atoms with van der Waals surface area (Å²) < 4.78 is 0. The van der Waals surface area contributed by atoms with Crippen molar-refractivity contribution in [1.29, 1.82) is 0 Å². The Balaban J connectivity index is 0.000000386. The average Bonchev–Trinajstić information content (AvgIpc) is 2.59. The number of carbonyl (C=O) groups is 4. The lowest BCUT2D eigenvalue weighted by Gasteiger charge is -2.17. The van der Waals surface area contributed by atoms with Gasteiger partial charge in [-0.25, -0.2) is 0 Å². The number of benzene rings is 2. The van der Waals surface area contributed by atoms with Crippen molar-refractivity contribution in [3.8, 4) is 0 Å². The minimum atomic E-state index is -0.833. The smallest absolute Gasteiger partial charge is 0.300 e. The summed E-state index contributed by atoms with van der Waals surface area (Å²) in [6.45, 7) is 2.39. The molecule has 0 unspecified atom stereocenters. The van der Waals surface area contributed by atoms with Crippen molar-refractivity contribution < 1.29 is 29.4 Å². The van der Waals surface area contributed by atoms with Crippen LogP contribution in [-0.2, 0) is 16.2 Å². The number of ketones is 2. The van der Waals surface area contributed by atoms with Crippen molar-refractivity contribution in [3.63, 3.8) is 0 Å². The lowest BCUT2D eigenvalue weighted by molar-refractivity contribution is -0.134. The van der Waals surface area contributed by atoms with Crippen LogP contribution in [0, 0.1) is 0 Å². The predicted octanol–water partition coefficient (Wildman–Crippen LogP) is 2.25. The molecule has 0 saturated heterocycles. The predicted molar refractivity (Wildman–Crippen MR) is 90.7 cm³/mol. The molecule has 6 heteroatoms. The van der Waals surface area contributed by atoms with Gasteiger partial charge in [0.1, 0.15) is 6.29 Å². The molecule has 0 saturated carbocycles. The highest BCUT2D eigenvalue weighted by Gasteiger charge is 2.29. The van der Waals surface area contributed by atoms with Gasteiger partial charge in [0, 0.05) is 29.2 Å². The van der Waals surface area contributed by atoms with Crippen LogP contribution in [0.3, 0.4) is 0 Å². The van der Waals surface area contributed by atoms with E-state index in [4.69, 9.17) is 19.8 Å². The minimum Gasteiger partial charge on any atom is -0.481 e. The minimum absolute atomic E-state index is 0.135. The number of carboxylic acids is 1. The van der Waals surface area contributed by atoms with Crippen LogP contribution in [0.5, 0.6) is 0 Å². The third-order valence-electron chi connectivity index (χ3n) is 3.17. The summed E-state index contributed by atoms with van der Waals surface area (Å²) in [5.74, 6) is -1.12. The largest absolute Gasteiger partial charge is 0.481 e. The zero-order chi connectivity index (χ0) is 19.0. The number of aliphatic hydroxyl groups excluding tert-OH is 1. The van der Waals surface area contributed by atoms with E-state index in [0.29, 0.717) is 27.8 Å². The number of hydrogen-bond acceptors (Lipinski definition) is 5. The van der Waals surface area contributed by atoms with Gasteiger partial charge in [-0.05, 0) is 24.6 Å². The molecule has 0 amide bonds. The van der Waals surface area contributed by atoms with Gasteiger partial charge in [0.2, 0.25) is 0 Å². The summed E-state index contributed by atoms with van der Waals surface area (Å²) in [6, 6.07) is 11.7. The fourth-order valence-electron chi connectivity index (χ4n) is 2.24. The zero-order valence-electron chi connectivity index (χ0n) is 13.9. The van der Waals surface area contributed by atoms with E-state index in [2.05, 4.69) is 0 Å². The van der Waals surface area contributed by atoms with Crippen LogP contribution >= 0.6 is 0 Å². The molecule has 3 rings (SSSR count). The van der Waals surface area contributed by atoms with E-state index in [-0.39, 0.29) is 18.2 Å². The van der Waals surface area contributed by atoms with Gasteiger partial charge in [-0.3, -0.25) is 14.4 Å². The maximum Gasteiger partial charge on any atom is 0.300 e. The van der Waals surface area contributed by atoms with Crippen LogP contribution in [-0.4, -0.2) is 34.0 Å². The summed E-state index contributed by atoms with van der Waals surface area (Å²) in [5.41, 5.74) is 2.31. The van der Waals surface area contributed by atoms with Gasteiger partial charge in [-0.15, -0.1) is 0 Å². The molecule has 6 nitrogen and oxygen atoms in total. The molecule has 0 aromatic heterocycles. The van der Waals surface area contributed by atoms with Crippen LogP contribution in [0.4, 0.5) is 0 Å². The SMILES string of the molecule is CC(=O)O.CC=O.O=C1c2ccccc2C(=O)c2cc(CO)ccc21. The molecular weight excluding hydrogens is 324 g/mol. The number of aliphatic carboxylic acids is 1. The fraction of sp³-hybridized carbons (Fsp3) is 0.158. The Hall–Kier alpha value is -3.12. The molecule has 0 fully saturated rings. The van der Waals surface area contributed by atoms with E-state index in [9.17, 15) is 9.59 Å². The zero-order valence-corrected chi connectivity index (χ0v) is 13.9. The second-order valence-electron chi connectivity index (χ2n) is 5.00. The van der Waals surface area contributed by atoms with E-state index >= 15 is 0 Å². The van der Waals surface area contributed by atoms with Gasteiger partial charge in [-0.2, -0.15) is 0 Å². The first-order valence-corrected chi connectivity index (χ1v) is 7.38. The van der Waals surface area contributed by atoms with Crippen molar-refractivity contribution in [2.45, 2.75) is 20.5 Å². The number of carboxylic acid groups (broad SMARTS) is 1. The molecule has 0 bridgehead atoms. The first kappa shape index (κ1) is 19.9. The van der Waals surface area contributed by atoms with Gasteiger partial charge in [0.15, 0.2) is 11.6 Å². The number of rotatable bonds is 1. The standard InChI is InChI=1S/C15H10O3.C2H4O2.C2H4O/c16-8-9-5-6-12-13(7-9)15(18)11-4-2-1-3-10(11)14(12)17;1-2(3)4;1-2-3/h1-7,16H,8H2;1H3,(H,3,4);2H,1H3. The average molecular weight is 342 g/mol. The summed E-state index contributed by atoms with van der Waals surface area (Å²) in [5, 5.41) is 16.5. The molecule has 2 aromatic carbocycles. The first-order valence-electron chi connectivity index (χ1n) is 7.38. The van der Waals surface area contributed by atoms with Crippen LogP contribution in [0.2, 0.25) is 0 Å². The number of aliphatic hydroxyl groups is 1. The molecule has 130 valence electrons. The Labute approximate surface area is 144 Å². The molecule has 1 aliphatic rings. The Kier molecular flexibility index (Phi) is 7.37. The molecule has 1 aliphatic carbocycles. The normalized spacial score (nSPS) is 11.0. The Morgan fingerprint density at radius 2 is 1.36 bits per heavy atom. The van der Waals surface area contributed by atoms with Gasteiger partial charge >= 0.3 is 0 Å². The van der Waals surface area contributed by atoms with Crippen molar-refractivity contribution in [2.24, 2.45) is 0 Å². The molecule has 25 heavy (non-hydrogen) atoms. The monoisotopic (exact) mass is 342 g/mol. The molecule has 0 spiro atoms. The second-order valence-corrected chi connectivity index (χ2v) is 5.00. The van der Waals surface area contributed by atoms with Crippen molar-refractivity contribution in [3.05, 3.63) is 70.3 Å². The Morgan fingerprint density at radius 3 is 1.80 bits per heavy atom. The third-order valence-corrected chi connectivity index (χ3v) is 3.17. The second kappa shape index (κ2) is 9.24. The van der Waals surface area contributed by atoms with Crippen LogP contribution in [0.25, 0.3) is 0 Å².